The lowest BCUT2D eigenvalue weighted by atomic mass is 10.2. The Kier molecular flexibility index (Phi) is 6.68. The van der Waals surface area contributed by atoms with Crippen LogP contribution in [0, 0.1) is 10.1 Å². The first-order valence-corrected chi connectivity index (χ1v) is 9.79. The maximum Gasteiger partial charge on any atom is 0.269 e. The maximum absolute atomic E-state index is 12.1. The van der Waals surface area contributed by atoms with Crippen LogP contribution >= 0.6 is 11.8 Å². The third-order valence-electron chi connectivity index (χ3n) is 3.21. The smallest absolute Gasteiger partial charge is 0.269 e. The van der Waals surface area contributed by atoms with Crippen molar-refractivity contribution in [2.75, 3.05) is 12.3 Å². The number of nitrogens with one attached hydrogen (secondary N) is 1. The zero-order valence-electron chi connectivity index (χ0n) is 13.1. The summed E-state index contributed by atoms with van der Waals surface area (Å²) in [5, 5.41) is 10.5. The number of rotatable bonds is 8. The SMILES string of the molecule is O=C(Cc1ccccc1)SCCNS(=O)(=O)c1ccc([N+](=O)[O-])cc1. The summed E-state index contributed by atoms with van der Waals surface area (Å²) >= 11 is 1.06. The predicted octanol–water partition coefficient (Wildman–Crippen LogP) is 2.38. The highest BCUT2D eigenvalue weighted by Crippen LogP contribution is 2.16. The van der Waals surface area contributed by atoms with Crippen molar-refractivity contribution >= 4 is 32.6 Å². The minimum atomic E-state index is -3.76. The largest absolute Gasteiger partial charge is 0.287 e. The number of nitro benzene ring substituents is 1. The van der Waals surface area contributed by atoms with Gasteiger partial charge in [-0.05, 0) is 17.7 Å². The lowest BCUT2D eigenvalue weighted by molar-refractivity contribution is -0.384. The highest BCUT2D eigenvalue weighted by Gasteiger charge is 2.15. The fourth-order valence-electron chi connectivity index (χ4n) is 1.98. The molecule has 7 nitrogen and oxygen atoms in total. The Balaban J connectivity index is 1.80. The van der Waals surface area contributed by atoms with Crippen LogP contribution in [-0.2, 0) is 21.2 Å². The molecule has 0 saturated heterocycles. The molecule has 0 aliphatic rings. The second kappa shape index (κ2) is 8.75. The Hall–Kier alpha value is -2.23. The monoisotopic (exact) mass is 380 g/mol. The van der Waals surface area contributed by atoms with Crippen molar-refractivity contribution in [2.24, 2.45) is 0 Å². The third-order valence-corrected chi connectivity index (χ3v) is 5.56. The summed E-state index contributed by atoms with van der Waals surface area (Å²) < 4.78 is 26.5. The summed E-state index contributed by atoms with van der Waals surface area (Å²) in [4.78, 5) is 21.7. The zero-order chi connectivity index (χ0) is 18.3. The van der Waals surface area contributed by atoms with E-state index in [1.807, 2.05) is 30.3 Å². The van der Waals surface area contributed by atoms with Gasteiger partial charge in [-0.3, -0.25) is 14.9 Å². The van der Waals surface area contributed by atoms with Gasteiger partial charge in [0.1, 0.15) is 0 Å². The molecule has 2 rings (SSSR count). The van der Waals surface area contributed by atoms with Crippen molar-refractivity contribution in [3.63, 3.8) is 0 Å². The number of non-ortho nitro benzene ring substituents is 1. The van der Waals surface area contributed by atoms with Crippen molar-refractivity contribution in [2.45, 2.75) is 11.3 Å². The summed E-state index contributed by atoms with van der Waals surface area (Å²) in [5.74, 6) is 0.303. The number of nitro groups is 1. The predicted molar refractivity (Wildman–Crippen MR) is 95.9 cm³/mol. The van der Waals surface area contributed by atoms with Crippen molar-refractivity contribution < 1.29 is 18.1 Å². The Morgan fingerprint density at radius 2 is 1.72 bits per heavy atom. The Morgan fingerprint density at radius 3 is 2.32 bits per heavy atom. The van der Waals surface area contributed by atoms with E-state index in [0.29, 0.717) is 12.2 Å². The van der Waals surface area contributed by atoms with Crippen LogP contribution in [0.15, 0.2) is 59.5 Å². The van der Waals surface area contributed by atoms with E-state index in [1.54, 1.807) is 0 Å². The lowest BCUT2D eigenvalue weighted by Gasteiger charge is -2.06. The number of hydrogen-bond acceptors (Lipinski definition) is 6. The molecule has 0 radical (unpaired) electrons. The van der Waals surface area contributed by atoms with Gasteiger partial charge < -0.3 is 0 Å². The molecular weight excluding hydrogens is 364 g/mol. The fraction of sp³-hybridized carbons (Fsp3) is 0.188. The molecule has 2 aromatic rings. The van der Waals surface area contributed by atoms with Crippen LogP contribution in [0.2, 0.25) is 0 Å². The Labute approximate surface area is 149 Å². The van der Waals surface area contributed by atoms with Crippen molar-refractivity contribution in [1.29, 1.82) is 0 Å². The van der Waals surface area contributed by atoms with Gasteiger partial charge in [0, 0.05) is 30.9 Å². The molecule has 0 bridgehead atoms. The minimum absolute atomic E-state index is 0.0410. The van der Waals surface area contributed by atoms with E-state index in [9.17, 15) is 23.3 Å². The van der Waals surface area contributed by atoms with E-state index in [1.165, 1.54) is 12.1 Å². The number of sulfonamides is 1. The second-order valence-electron chi connectivity index (χ2n) is 5.03. The van der Waals surface area contributed by atoms with Gasteiger partial charge in [0.15, 0.2) is 5.12 Å². The van der Waals surface area contributed by atoms with Crippen molar-refractivity contribution in [3.8, 4) is 0 Å². The average Bonchev–Trinajstić information content (AvgIpc) is 2.60. The van der Waals surface area contributed by atoms with Crippen LogP contribution in [0.25, 0.3) is 0 Å². The molecule has 0 fully saturated rings. The van der Waals surface area contributed by atoms with E-state index in [4.69, 9.17) is 0 Å². The van der Waals surface area contributed by atoms with Gasteiger partial charge in [0.25, 0.3) is 5.69 Å². The summed E-state index contributed by atoms with van der Waals surface area (Å²) in [6.07, 6.45) is 0.292. The molecule has 0 heterocycles. The standard InChI is InChI=1S/C16H16N2O5S2/c19-16(12-13-4-2-1-3-5-13)24-11-10-17-25(22,23)15-8-6-14(7-9-15)18(20)21/h1-9,17H,10-12H2. The summed E-state index contributed by atoms with van der Waals surface area (Å²) in [5.41, 5.74) is 0.729. The van der Waals surface area contributed by atoms with Crippen molar-refractivity contribution in [3.05, 3.63) is 70.3 Å². The Bertz CT molecular complexity index is 837. The number of nitrogens with zero attached hydrogens (tertiary/aromatic N) is 1. The van der Waals surface area contributed by atoms with Gasteiger partial charge in [-0.15, -0.1) is 0 Å². The summed E-state index contributed by atoms with van der Waals surface area (Å²) in [6.45, 7) is 0.0878. The first kappa shape index (κ1) is 19.1. The summed E-state index contributed by atoms with van der Waals surface area (Å²) in [7, 11) is -3.76. The zero-order valence-corrected chi connectivity index (χ0v) is 14.8. The number of thioether (sulfide) groups is 1. The van der Waals surface area contributed by atoms with E-state index < -0.39 is 14.9 Å². The van der Waals surface area contributed by atoms with Crippen LogP contribution in [-0.4, -0.2) is 30.8 Å². The van der Waals surface area contributed by atoms with Crippen LogP contribution in [0.1, 0.15) is 5.56 Å². The van der Waals surface area contributed by atoms with Gasteiger partial charge in [-0.2, -0.15) is 0 Å². The quantitative estimate of drug-likeness (QED) is 0.428. The molecule has 2 aromatic carbocycles. The second-order valence-corrected chi connectivity index (χ2v) is 7.95. The normalized spacial score (nSPS) is 11.2. The van der Waals surface area contributed by atoms with Crippen LogP contribution < -0.4 is 4.72 Å². The Morgan fingerprint density at radius 1 is 1.08 bits per heavy atom. The molecule has 0 spiro atoms. The van der Waals surface area contributed by atoms with E-state index in [2.05, 4.69) is 4.72 Å². The highest BCUT2D eigenvalue weighted by atomic mass is 32.2. The number of carbonyl (C=O) groups is 1. The van der Waals surface area contributed by atoms with Gasteiger partial charge in [-0.25, -0.2) is 13.1 Å². The van der Waals surface area contributed by atoms with E-state index in [0.717, 1.165) is 29.5 Å². The molecule has 132 valence electrons. The highest BCUT2D eigenvalue weighted by molar-refractivity contribution is 8.13. The minimum Gasteiger partial charge on any atom is -0.287 e. The molecule has 0 amide bonds. The van der Waals surface area contributed by atoms with Gasteiger partial charge >= 0.3 is 0 Å². The molecule has 0 aromatic heterocycles. The lowest BCUT2D eigenvalue weighted by Crippen LogP contribution is -2.26. The summed E-state index contributed by atoms with van der Waals surface area (Å²) in [6, 6.07) is 13.9. The molecule has 0 saturated carbocycles. The average molecular weight is 380 g/mol. The number of hydrogen-bond donors (Lipinski definition) is 1. The third kappa shape index (κ3) is 5.96. The van der Waals surface area contributed by atoms with Crippen LogP contribution in [0.3, 0.4) is 0 Å². The van der Waals surface area contributed by atoms with Gasteiger partial charge in [0.2, 0.25) is 10.0 Å². The van der Waals surface area contributed by atoms with E-state index >= 15 is 0 Å². The molecule has 0 unspecified atom stereocenters. The number of benzene rings is 2. The van der Waals surface area contributed by atoms with Crippen LogP contribution in [0.5, 0.6) is 0 Å². The first-order valence-electron chi connectivity index (χ1n) is 7.32. The van der Waals surface area contributed by atoms with Gasteiger partial charge in [-0.1, -0.05) is 42.1 Å². The first-order chi connectivity index (χ1) is 11.9. The molecule has 1 N–H and O–H groups in total. The van der Waals surface area contributed by atoms with Gasteiger partial charge in [0.05, 0.1) is 9.82 Å². The fourth-order valence-corrected chi connectivity index (χ4v) is 3.85. The topological polar surface area (TPSA) is 106 Å². The maximum atomic E-state index is 12.1. The molecule has 25 heavy (non-hydrogen) atoms. The number of carbonyl (C=O) groups excluding carboxylic acids is 1. The molecular formula is C16H16N2O5S2. The molecule has 0 aliphatic heterocycles. The molecule has 0 aliphatic carbocycles. The van der Waals surface area contributed by atoms with E-state index in [-0.39, 0.29) is 22.2 Å². The van der Waals surface area contributed by atoms with Crippen LogP contribution in [0.4, 0.5) is 5.69 Å². The molecule has 9 heteroatoms. The van der Waals surface area contributed by atoms with Crippen molar-refractivity contribution in [1.82, 2.24) is 4.72 Å². The molecule has 0 atom stereocenters.